The van der Waals surface area contributed by atoms with Crippen molar-refractivity contribution in [2.24, 2.45) is 0 Å². The van der Waals surface area contributed by atoms with Crippen LogP contribution in [0.15, 0.2) is 0 Å². The standard InChI is InChI=1S/C12H14O10.2Na/c13-7(14)1-3-9(17)21-11(19)5-6-12(20)22-10(18)4-2-8(15)16;;/h1-6H2,(H,13,14)(H,15,16);;/q;2*+1/p-2. The van der Waals surface area contributed by atoms with Crippen molar-refractivity contribution in [2.75, 3.05) is 0 Å². The maximum atomic E-state index is 11.1. The molecule has 0 aliphatic rings. The van der Waals surface area contributed by atoms with Crippen LogP contribution in [0.4, 0.5) is 0 Å². The molecule has 0 heterocycles. The molecule has 122 valence electrons. The Morgan fingerprint density at radius 1 is 0.500 bits per heavy atom. The summed E-state index contributed by atoms with van der Waals surface area (Å²) in [4.78, 5) is 64.3. The van der Waals surface area contributed by atoms with Gasteiger partial charge in [0.1, 0.15) is 0 Å². The first-order chi connectivity index (χ1) is 10.2. The molecule has 0 aromatic carbocycles. The molecule has 0 fully saturated rings. The number of carbonyl (C=O) groups excluding carboxylic acids is 6. The number of aliphatic carboxylic acids is 2. The number of rotatable bonds is 9. The van der Waals surface area contributed by atoms with Gasteiger partial charge in [-0.3, -0.25) is 19.2 Å². The monoisotopic (exact) mass is 362 g/mol. The molecule has 0 N–H and O–H groups in total. The van der Waals surface area contributed by atoms with Crippen LogP contribution in [-0.4, -0.2) is 35.8 Å². The van der Waals surface area contributed by atoms with Gasteiger partial charge >= 0.3 is 83.0 Å². The van der Waals surface area contributed by atoms with E-state index in [9.17, 15) is 39.0 Å². The maximum Gasteiger partial charge on any atom is 1.00 e. The van der Waals surface area contributed by atoms with E-state index in [1.807, 2.05) is 0 Å². The van der Waals surface area contributed by atoms with E-state index in [0.717, 1.165) is 0 Å². The molecular formula is C12H12Na2O10. The zero-order valence-electron chi connectivity index (χ0n) is 13.3. The average Bonchev–Trinajstić information content (AvgIpc) is 2.40. The van der Waals surface area contributed by atoms with Gasteiger partial charge in [0.2, 0.25) is 0 Å². The molecule has 0 atom stereocenters. The zero-order chi connectivity index (χ0) is 17.1. The van der Waals surface area contributed by atoms with Gasteiger partial charge in [-0.05, 0) is 12.8 Å². The van der Waals surface area contributed by atoms with Crippen molar-refractivity contribution in [3.8, 4) is 0 Å². The van der Waals surface area contributed by atoms with Gasteiger partial charge in [-0.2, -0.15) is 0 Å². The van der Waals surface area contributed by atoms with Crippen LogP contribution in [0.3, 0.4) is 0 Å². The third-order valence-corrected chi connectivity index (χ3v) is 2.06. The molecule has 0 aromatic heterocycles. The number of carbonyl (C=O) groups is 6. The van der Waals surface area contributed by atoms with E-state index in [-0.39, 0.29) is 59.1 Å². The predicted molar refractivity (Wildman–Crippen MR) is 59.9 cm³/mol. The van der Waals surface area contributed by atoms with Gasteiger partial charge in [0.05, 0.1) is 25.7 Å². The van der Waals surface area contributed by atoms with Crippen LogP contribution >= 0.6 is 0 Å². The molecule has 0 bridgehead atoms. The van der Waals surface area contributed by atoms with Crippen molar-refractivity contribution in [1.29, 1.82) is 0 Å². The number of carboxylic acids is 2. The van der Waals surface area contributed by atoms with Crippen LogP contribution in [0, 0.1) is 0 Å². The zero-order valence-corrected chi connectivity index (χ0v) is 17.3. The Hall–Kier alpha value is -0.780. The second-order valence-electron chi connectivity index (χ2n) is 3.94. The number of carboxylic acid groups (broad SMARTS) is 2. The Morgan fingerprint density at radius 3 is 0.917 bits per heavy atom. The first kappa shape index (κ1) is 28.0. The van der Waals surface area contributed by atoms with Crippen molar-refractivity contribution >= 4 is 35.8 Å². The van der Waals surface area contributed by atoms with Gasteiger partial charge in [0.25, 0.3) is 0 Å². The molecule has 24 heavy (non-hydrogen) atoms. The summed E-state index contributed by atoms with van der Waals surface area (Å²) in [5, 5.41) is 20.1. The summed E-state index contributed by atoms with van der Waals surface area (Å²) in [6.45, 7) is 0. The SMILES string of the molecule is O=C([O-])CCC(=O)OC(=O)CCC(=O)OC(=O)CCC(=O)[O-].[Na+].[Na+]. The van der Waals surface area contributed by atoms with E-state index >= 15 is 0 Å². The second kappa shape index (κ2) is 15.7. The van der Waals surface area contributed by atoms with Crippen LogP contribution < -0.4 is 69.3 Å². The number of ether oxygens (including phenoxy) is 2. The van der Waals surface area contributed by atoms with E-state index in [1.165, 1.54) is 0 Å². The summed E-state index contributed by atoms with van der Waals surface area (Å²) < 4.78 is 8.37. The summed E-state index contributed by atoms with van der Waals surface area (Å²) in [6, 6.07) is 0. The molecule has 0 radical (unpaired) electrons. The number of hydrogen-bond donors (Lipinski definition) is 0. The average molecular weight is 362 g/mol. The summed E-state index contributed by atoms with van der Waals surface area (Å²) in [5.41, 5.74) is 0. The van der Waals surface area contributed by atoms with Gasteiger partial charge in [0, 0.05) is 11.9 Å². The van der Waals surface area contributed by atoms with Crippen LogP contribution in [0.1, 0.15) is 38.5 Å². The van der Waals surface area contributed by atoms with E-state index in [4.69, 9.17) is 0 Å². The molecule has 0 aromatic rings. The molecule has 0 aliphatic heterocycles. The Kier molecular flexibility index (Phi) is 18.4. The topological polar surface area (TPSA) is 167 Å². The smallest absolute Gasteiger partial charge is 0.550 e. The fourth-order valence-corrected chi connectivity index (χ4v) is 1.07. The van der Waals surface area contributed by atoms with E-state index in [1.54, 1.807) is 0 Å². The Morgan fingerprint density at radius 2 is 0.708 bits per heavy atom. The molecule has 10 nitrogen and oxygen atoms in total. The van der Waals surface area contributed by atoms with Crippen molar-refractivity contribution in [1.82, 2.24) is 0 Å². The summed E-state index contributed by atoms with van der Waals surface area (Å²) in [7, 11) is 0. The van der Waals surface area contributed by atoms with E-state index in [2.05, 4.69) is 9.47 Å². The van der Waals surface area contributed by atoms with E-state index < -0.39 is 74.3 Å². The van der Waals surface area contributed by atoms with Crippen molar-refractivity contribution in [3.05, 3.63) is 0 Å². The van der Waals surface area contributed by atoms with Crippen LogP contribution in [0.2, 0.25) is 0 Å². The maximum absolute atomic E-state index is 11.1. The fourth-order valence-electron chi connectivity index (χ4n) is 1.07. The third kappa shape index (κ3) is 17.6. The van der Waals surface area contributed by atoms with Crippen LogP contribution in [-0.2, 0) is 38.2 Å². The second-order valence-corrected chi connectivity index (χ2v) is 3.94. The Bertz CT molecular complexity index is 444. The first-order valence-corrected chi connectivity index (χ1v) is 6.07. The van der Waals surface area contributed by atoms with Crippen molar-refractivity contribution in [2.45, 2.75) is 38.5 Å². The van der Waals surface area contributed by atoms with Crippen molar-refractivity contribution in [3.63, 3.8) is 0 Å². The summed E-state index contributed by atoms with van der Waals surface area (Å²) in [6.07, 6.45) is -3.46. The van der Waals surface area contributed by atoms with Crippen LogP contribution in [0.5, 0.6) is 0 Å². The molecule has 0 rings (SSSR count). The van der Waals surface area contributed by atoms with Gasteiger partial charge in [-0.15, -0.1) is 0 Å². The largest absolute Gasteiger partial charge is 1.00 e. The molecule has 12 heteroatoms. The van der Waals surface area contributed by atoms with Gasteiger partial charge in [-0.1, -0.05) is 0 Å². The quantitative estimate of drug-likeness (QED) is 0.218. The summed E-state index contributed by atoms with van der Waals surface area (Å²) >= 11 is 0. The number of hydrogen-bond acceptors (Lipinski definition) is 10. The fraction of sp³-hybridized carbons (Fsp3) is 0.500. The minimum absolute atomic E-state index is 0. The minimum Gasteiger partial charge on any atom is -0.550 e. The van der Waals surface area contributed by atoms with E-state index in [0.29, 0.717) is 0 Å². The minimum atomic E-state index is -1.48. The van der Waals surface area contributed by atoms with Crippen LogP contribution in [0.25, 0.3) is 0 Å². The molecule has 0 saturated carbocycles. The molecule has 0 spiro atoms. The molecule has 0 amide bonds. The molecule has 0 aliphatic carbocycles. The van der Waals surface area contributed by atoms with Gasteiger partial charge < -0.3 is 29.3 Å². The first-order valence-electron chi connectivity index (χ1n) is 6.07. The normalized spacial score (nSPS) is 8.83. The molecule has 0 saturated heterocycles. The van der Waals surface area contributed by atoms with Gasteiger partial charge in [0.15, 0.2) is 0 Å². The van der Waals surface area contributed by atoms with Gasteiger partial charge in [-0.25, -0.2) is 0 Å². The molecule has 0 unspecified atom stereocenters. The van der Waals surface area contributed by atoms with Crippen molar-refractivity contribution < 1.29 is 108 Å². The summed E-state index contributed by atoms with van der Waals surface area (Å²) in [5.74, 6) is -7.34. The number of esters is 4. The Balaban J connectivity index is -0.00000220. The predicted octanol–water partition coefficient (Wildman–Crippen LogP) is -9.03. The third-order valence-electron chi connectivity index (χ3n) is 2.06. The Labute approximate surface area is 180 Å². The molecular weight excluding hydrogens is 350 g/mol.